The standard InChI is InChI=1S/C12H7ClN2O2/c13-7-2-1-3-8-9(7)6-4-5-14-11(12(16)17)10(6)15-8/h1-5,15H,(H,16,17). The molecule has 84 valence electrons. The van der Waals surface area contributed by atoms with Crippen LogP contribution in [0.1, 0.15) is 10.5 Å². The number of hydrogen-bond donors (Lipinski definition) is 2. The van der Waals surface area contributed by atoms with Crippen molar-refractivity contribution in [1.82, 2.24) is 9.97 Å². The molecule has 3 aromatic rings. The highest BCUT2D eigenvalue weighted by atomic mass is 35.5. The third kappa shape index (κ3) is 1.38. The first-order valence-corrected chi connectivity index (χ1v) is 5.34. The van der Waals surface area contributed by atoms with E-state index in [4.69, 9.17) is 16.7 Å². The van der Waals surface area contributed by atoms with Gasteiger partial charge in [-0.1, -0.05) is 17.7 Å². The molecule has 0 amide bonds. The highest BCUT2D eigenvalue weighted by Crippen LogP contribution is 2.31. The van der Waals surface area contributed by atoms with Gasteiger partial charge in [0, 0.05) is 22.5 Å². The largest absolute Gasteiger partial charge is 0.476 e. The molecule has 0 fully saturated rings. The number of hydrogen-bond acceptors (Lipinski definition) is 2. The van der Waals surface area contributed by atoms with Gasteiger partial charge in [0.05, 0.1) is 10.5 Å². The molecule has 17 heavy (non-hydrogen) atoms. The van der Waals surface area contributed by atoms with Gasteiger partial charge in [-0.2, -0.15) is 0 Å². The Morgan fingerprint density at radius 2 is 2.18 bits per heavy atom. The Kier molecular flexibility index (Phi) is 2.06. The molecule has 4 nitrogen and oxygen atoms in total. The Balaban J connectivity index is 2.56. The number of aromatic amines is 1. The van der Waals surface area contributed by atoms with Gasteiger partial charge < -0.3 is 10.1 Å². The Morgan fingerprint density at radius 3 is 2.94 bits per heavy atom. The van der Waals surface area contributed by atoms with Gasteiger partial charge in [-0.3, -0.25) is 0 Å². The Morgan fingerprint density at radius 1 is 1.35 bits per heavy atom. The molecule has 0 saturated carbocycles. The van der Waals surface area contributed by atoms with E-state index in [-0.39, 0.29) is 5.69 Å². The minimum absolute atomic E-state index is 0.00904. The molecule has 0 saturated heterocycles. The maximum atomic E-state index is 11.1. The molecule has 0 unspecified atom stereocenters. The second-order valence-electron chi connectivity index (χ2n) is 3.67. The van der Waals surface area contributed by atoms with Gasteiger partial charge in [0.2, 0.25) is 0 Å². The molecule has 0 bridgehead atoms. The highest BCUT2D eigenvalue weighted by Gasteiger charge is 2.15. The molecule has 0 aliphatic carbocycles. The fraction of sp³-hybridized carbons (Fsp3) is 0. The van der Waals surface area contributed by atoms with E-state index in [1.165, 1.54) is 6.20 Å². The van der Waals surface area contributed by atoms with Crippen molar-refractivity contribution in [2.24, 2.45) is 0 Å². The lowest BCUT2D eigenvalue weighted by Gasteiger charge is -1.96. The van der Waals surface area contributed by atoms with Crippen LogP contribution in [0.5, 0.6) is 0 Å². The topological polar surface area (TPSA) is 66.0 Å². The number of carbonyl (C=O) groups is 1. The van der Waals surface area contributed by atoms with Crippen molar-refractivity contribution in [3.63, 3.8) is 0 Å². The van der Waals surface area contributed by atoms with Gasteiger partial charge in [0.15, 0.2) is 5.69 Å². The monoisotopic (exact) mass is 246 g/mol. The molecule has 0 aliphatic rings. The number of benzene rings is 1. The van der Waals surface area contributed by atoms with Crippen LogP contribution in [0.3, 0.4) is 0 Å². The second kappa shape index (κ2) is 3.46. The van der Waals surface area contributed by atoms with Gasteiger partial charge in [-0.25, -0.2) is 9.78 Å². The first-order chi connectivity index (χ1) is 8.18. The van der Waals surface area contributed by atoms with Gasteiger partial charge >= 0.3 is 5.97 Å². The van der Waals surface area contributed by atoms with E-state index in [0.717, 1.165) is 16.3 Å². The summed E-state index contributed by atoms with van der Waals surface area (Å²) in [5, 5.41) is 11.3. The van der Waals surface area contributed by atoms with Crippen LogP contribution in [0.2, 0.25) is 5.02 Å². The summed E-state index contributed by atoms with van der Waals surface area (Å²) < 4.78 is 0. The van der Waals surface area contributed by atoms with Crippen molar-refractivity contribution in [3.05, 3.63) is 41.2 Å². The number of fused-ring (bicyclic) bond motifs is 3. The van der Waals surface area contributed by atoms with Crippen LogP contribution >= 0.6 is 11.6 Å². The van der Waals surface area contributed by atoms with Crippen LogP contribution in [0.15, 0.2) is 30.5 Å². The number of pyridine rings is 1. The number of nitrogens with one attached hydrogen (secondary N) is 1. The molecule has 1 aromatic carbocycles. The molecule has 2 aromatic heterocycles. The normalized spacial score (nSPS) is 11.1. The predicted octanol–water partition coefficient (Wildman–Crippen LogP) is 3.07. The molecule has 0 aliphatic heterocycles. The molecule has 2 N–H and O–H groups in total. The van der Waals surface area contributed by atoms with Crippen molar-refractivity contribution in [2.75, 3.05) is 0 Å². The number of rotatable bonds is 1. The Bertz CT molecular complexity index is 749. The lowest BCUT2D eigenvalue weighted by atomic mass is 10.1. The average molecular weight is 247 g/mol. The Hall–Kier alpha value is -2.07. The molecule has 5 heteroatoms. The van der Waals surface area contributed by atoms with Crippen LogP contribution in [-0.2, 0) is 0 Å². The smallest absolute Gasteiger partial charge is 0.356 e. The summed E-state index contributed by atoms with van der Waals surface area (Å²) in [6.07, 6.45) is 1.47. The van der Waals surface area contributed by atoms with Gasteiger partial charge in [0.25, 0.3) is 0 Å². The van der Waals surface area contributed by atoms with E-state index in [0.29, 0.717) is 10.5 Å². The summed E-state index contributed by atoms with van der Waals surface area (Å²) in [5.41, 5.74) is 1.32. The summed E-state index contributed by atoms with van der Waals surface area (Å²) in [6, 6.07) is 7.20. The summed E-state index contributed by atoms with van der Waals surface area (Å²) in [7, 11) is 0. The third-order valence-corrected chi connectivity index (χ3v) is 3.01. The average Bonchev–Trinajstić information content (AvgIpc) is 2.67. The highest BCUT2D eigenvalue weighted by molar-refractivity contribution is 6.38. The molecular formula is C12H7ClN2O2. The van der Waals surface area contributed by atoms with Crippen molar-refractivity contribution < 1.29 is 9.90 Å². The van der Waals surface area contributed by atoms with Gasteiger partial charge in [-0.15, -0.1) is 0 Å². The first kappa shape index (κ1) is 10.1. The summed E-state index contributed by atoms with van der Waals surface area (Å²) >= 11 is 6.12. The zero-order valence-corrected chi connectivity index (χ0v) is 9.32. The van der Waals surface area contributed by atoms with E-state index in [9.17, 15) is 4.79 Å². The SMILES string of the molecule is O=C(O)c1nccc2c1[nH]c1cccc(Cl)c12. The molecular weight excluding hydrogens is 240 g/mol. The number of carboxylic acids is 1. The third-order valence-electron chi connectivity index (χ3n) is 2.70. The Labute approximate surface area is 101 Å². The lowest BCUT2D eigenvalue weighted by molar-refractivity contribution is 0.0692. The van der Waals surface area contributed by atoms with E-state index in [1.807, 2.05) is 12.1 Å². The second-order valence-corrected chi connectivity index (χ2v) is 4.08. The van der Waals surface area contributed by atoms with Crippen molar-refractivity contribution in [1.29, 1.82) is 0 Å². The molecule has 0 atom stereocenters. The lowest BCUT2D eigenvalue weighted by Crippen LogP contribution is -2.00. The maximum Gasteiger partial charge on any atom is 0.356 e. The fourth-order valence-electron chi connectivity index (χ4n) is 2.00. The van der Waals surface area contributed by atoms with E-state index >= 15 is 0 Å². The van der Waals surface area contributed by atoms with Crippen LogP contribution in [0, 0.1) is 0 Å². The first-order valence-electron chi connectivity index (χ1n) is 4.96. The van der Waals surface area contributed by atoms with Crippen LogP contribution < -0.4 is 0 Å². The van der Waals surface area contributed by atoms with E-state index < -0.39 is 5.97 Å². The molecule has 3 rings (SSSR count). The zero-order valence-electron chi connectivity index (χ0n) is 8.57. The van der Waals surface area contributed by atoms with Crippen molar-refractivity contribution in [3.8, 4) is 0 Å². The maximum absolute atomic E-state index is 11.1. The molecule has 0 spiro atoms. The fourth-order valence-corrected chi connectivity index (χ4v) is 2.27. The summed E-state index contributed by atoms with van der Waals surface area (Å²) in [4.78, 5) is 18.0. The summed E-state index contributed by atoms with van der Waals surface area (Å²) in [5.74, 6) is -1.06. The molecule has 0 radical (unpaired) electrons. The van der Waals surface area contributed by atoms with Gasteiger partial charge in [-0.05, 0) is 18.2 Å². The predicted molar refractivity (Wildman–Crippen MR) is 65.6 cm³/mol. The minimum atomic E-state index is -1.06. The quantitative estimate of drug-likeness (QED) is 0.693. The number of nitrogens with zero attached hydrogens (tertiary/aromatic N) is 1. The zero-order chi connectivity index (χ0) is 12.0. The van der Waals surface area contributed by atoms with Crippen molar-refractivity contribution >= 4 is 39.4 Å². The number of carboxylic acid groups (broad SMARTS) is 1. The van der Waals surface area contributed by atoms with Crippen LogP contribution in [-0.4, -0.2) is 21.0 Å². The number of H-pyrrole nitrogens is 1. The van der Waals surface area contributed by atoms with Crippen LogP contribution in [0.25, 0.3) is 21.8 Å². The van der Waals surface area contributed by atoms with Crippen LogP contribution in [0.4, 0.5) is 0 Å². The van der Waals surface area contributed by atoms with E-state index in [1.54, 1.807) is 12.1 Å². The number of halogens is 1. The minimum Gasteiger partial charge on any atom is -0.476 e. The number of aromatic carboxylic acids is 1. The number of aromatic nitrogens is 2. The van der Waals surface area contributed by atoms with E-state index in [2.05, 4.69) is 9.97 Å². The van der Waals surface area contributed by atoms with Gasteiger partial charge in [0.1, 0.15) is 0 Å². The summed E-state index contributed by atoms with van der Waals surface area (Å²) in [6.45, 7) is 0. The molecule has 2 heterocycles. The van der Waals surface area contributed by atoms with Crippen molar-refractivity contribution in [2.45, 2.75) is 0 Å².